The van der Waals surface area contributed by atoms with Gasteiger partial charge in [0.15, 0.2) is 0 Å². The minimum atomic E-state index is -1.02. The average molecular weight is 396 g/mol. The molecule has 4 rings (SSSR count). The minimum absolute atomic E-state index is 0.140. The Labute approximate surface area is 170 Å². The molecule has 154 valence electrons. The van der Waals surface area contributed by atoms with Crippen LogP contribution in [-0.4, -0.2) is 39.3 Å². The van der Waals surface area contributed by atoms with Crippen LogP contribution < -0.4 is 5.32 Å². The summed E-state index contributed by atoms with van der Waals surface area (Å²) in [7, 11) is 0. The van der Waals surface area contributed by atoms with Crippen LogP contribution in [0.2, 0.25) is 0 Å². The lowest BCUT2D eigenvalue weighted by molar-refractivity contribution is -0.144. The fraction of sp³-hybridized carbons (Fsp3) is 0.391. The molecule has 0 radical (unpaired) electrons. The number of aliphatic hydroxyl groups is 1. The molecule has 6 nitrogen and oxygen atoms in total. The van der Waals surface area contributed by atoms with Gasteiger partial charge in [-0.05, 0) is 23.3 Å². The molecule has 0 aliphatic carbocycles. The van der Waals surface area contributed by atoms with E-state index >= 15 is 0 Å². The van der Waals surface area contributed by atoms with Crippen molar-refractivity contribution >= 4 is 33.6 Å². The fourth-order valence-electron chi connectivity index (χ4n) is 3.95. The summed E-state index contributed by atoms with van der Waals surface area (Å²) < 4.78 is 2.16. The van der Waals surface area contributed by atoms with Crippen molar-refractivity contribution < 1.29 is 19.8 Å². The number of carbonyl (C=O) groups is 2. The van der Waals surface area contributed by atoms with Crippen LogP contribution in [0.15, 0.2) is 49.2 Å². The highest BCUT2D eigenvalue weighted by Gasteiger charge is 2.32. The zero-order valence-corrected chi connectivity index (χ0v) is 16.9. The topological polar surface area (TPSA) is 91.6 Å². The number of allylic oxidation sites excluding steroid dienone is 1. The number of aliphatic carboxylic acids is 1. The van der Waals surface area contributed by atoms with Crippen molar-refractivity contribution in [2.24, 2.45) is 11.3 Å². The number of carboxylic acid groups (broad SMARTS) is 1. The Morgan fingerprint density at radius 2 is 1.86 bits per heavy atom. The number of nitrogens with zero attached hydrogens (tertiary/aromatic N) is 1. The maximum absolute atomic E-state index is 12.4. The predicted octanol–water partition coefficient (Wildman–Crippen LogP) is 3.40. The number of benzene rings is 3. The molecule has 0 aliphatic rings. The van der Waals surface area contributed by atoms with E-state index in [0.717, 1.165) is 10.9 Å². The molecule has 29 heavy (non-hydrogen) atoms. The van der Waals surface area contributed by atoms with E-state index in [4.69, 9.17) is 0 Å². The van der Waals surface area contributed by atoms with E-state index in [-0.39, 0.29) is 25.4 Å². The summed E-state index contributed by atoms with van der Waals surface area (Å²) in [6.07, 6.45) is 3.62. The Kier molecular flexibility index (Phi) is 5.94. The predicted molar refractivity (Wildman–Crippen MR) is 114 cm³/mol. The normalized spacial score (nSPS) is 14.2. The van der Waals surface area contributed by atoms with Gasteiger partial charge >= 0.3 is 5.97 Å². The largest absolute Gasteiger partial charge is 0.481 e. The number of nitrogens with one attached hydrogen (secondary N) is 1. The molecule has 0 fully saturated rings. The maximum atomic E-state index is 12.4. The van der Waals surface area contributed by atoms with E-state index in [1.165, 1.54) is 16.8 Å². The second-order valence-electron chi connectivity index (χ2n) is 8.34. The van der Waals surface area contributed by atoms with E-state index in [1.54, 1.807) is 0 Å². The van der Waals surface area contributed by atoms with Crippen LogP contribution in [0.4, 0.5) is 0 Å². The highest BCUT2D eigenvalue weighted by Crippen LogP contribution is 2.32. The number of hydrogen-bond donors (Lipinski definition) is 3. The highest BCUT2D eigenvalue weighted by atomic mass is 16.4. The summed E-state index contributed by atoms with van der Waals surface area (Å²) in [5.74, 6) is -2.21. The third-order valence-corrected chi connectivity index (χ3v) is 5.70. The first-order valence-electron chi connectivity index (χ1n) is 9.80. The van der Waals surface area contributed by atoms with Crippen molar-refractivity contribution in [3.05, 3.63) is 49.2 Å². The van der Waals surface area contributed by atoms with Gasteiger partial charge < -0.3 is 20.1 Å². The lowest BCUT2D eigenvalue weighted by Gasteiger charge is -2.34. The van der Waals surface area contributed by atoms with Crippen LogP contribution >= 0.6 is 0 Å². The molecular formula is C23H28N2O4. The standard InChI is InChI=1S/C23H28N2O4/c1-4-5-17(22(28)29)12-20(27)24-19(13-26)23(2,3)14-25-11-10-18-15-6-8-16(9-7-15)21(18)25/h4,6-11,17,19,26H,1,5,12-14H2,2-3H3,(H,24,27)(H,28,29)/t17-,19+/m0/s1. The van der Waals surface area contributed by atoms with Gasteiger partial charge in [0.05, 0.1) is 24.1 Å². The van der Waals surface area contributed by atoms with Gasteiger partial charge in [-0.25, -0.2) is 0 Å². The van der Waals surface area contributed by atoms with Gasteiger partial charge in [-0.2, -0.15) is 0 Å². The molecule has 2 atom stereocenters. The number of hydrogen-bond acceptors (Lipinski definition) is 3. The molecule has 4 aromatic rings. The summed E-state index contributed by atoms with van der Waals surface area (Å²) in [5.41, 5.74) is 0.696. The summed E-state index contributed by atoms with van der Waals surface area (Å²) in [5, 5.41) is 25.5. The summed E-state index contributed by atoms with van der Waals surface area (Å²) in [6.45, 7) is 7.90. The lowest BCUT2D eigenvalue weighted by atomic mass is 9.84. The van der Waals surface area contributed by atoms with Crippen LogP contribution in [0.1, 0.15) is 26.7 Å². The molecule has 1 amide bonds. The summed E-state index contributed by atoms with van der Waals surface area (Å²) >= 11 is 0. The van der Waals surface area contributed by atoms with Gasteiger partial charge in [-0.1, -0.05) is 44.2 Å². The number of aromatic nitrogens is 1. The zero-order valence-electron chi connectivity index (χ0n) is 16.9. The molecule has 0 saturated carbocycles. The van der Waals surface area contributed by atoms with Gasteiger partial charge in [0.25, 0.3) is 0 Å². The lowest BCUT2D eigenvalue weighted by Crippen LogP contribution is -2.49. The van der Waals surface area contributed by atoms with Crippen LogP contribution in [-0.2, 0) is 16.1 Å². The third kappa shape index (κ3) is 4.27. The van der Waals surface area contributed by atoms with Crippen molar-refractivity contribution in [2.45, 2.75) is 39.3 Å². The quantitative estimate of drug-likeness (QED) is 0.458. The van der Waals surface area contributed by atoms with E-state index in [2.05, 4.69) is 46.8 Å². The van der Waals surface area contributed by atoms with Gasteiger partial charge in [0.1, 0.15) is 0 Å². The Morgan fingerprint density at radius 3 is 2.45 bits per heavy atom. The van der Waals surface area contributed by atoms with Crippen LogP contribution in [0.3, 0.4) is 0 Å². The smallest absolute Gasteiger partial charge is 0.307 e. The van der Waals surface area contributed by atoms with Gasteiger partial charge in [0, 0.05) is 30.0 Å². The Hall–Kier alpha value is -2.86. The van der Waals surface area contributed by atoms with Gasteiger partial charge in [-0.15, -0.1) is 6.58 Å². The van der Waals surface area contributed by atoms with Gasteiger partial charge in [0.2, 0.25) is 5.91 Å². The fourth-order valence-corrected chi connectivity index (χ4v) is 3.95. The van der Waals surface area contributed by atoms with E-state index in [1.807, 2.05) is 20.0 Å². The Balaban J connectivity index is 1.75. The molecule has 0 saturated heterocycles. The van der Waals surface area contributed by atoms with Crippen molar-refractivity contribution in [3.8, 4) is 0 Å². The number of rotatable bonds is 10. The second kappa shape index (κ2) is 8.25. The van der Waals surface area contributed by atoms with Crippen molar-refractivity contribution in [1.29, 1.82) is 0 Å². The van der Waals surface area contributed by atoms with Crippen LogP contribution in [0.25, 0.3) is 21.7 Å². The number of aliphatic hydroxyl groups excluding tert-OH is 1. The molecule has 0 aliphatic heterocycles. The van der Waals surface area contributed by atoms with E-state index in [0.29, 0.717) is 6.54 Å². The van der Waals surface area contributed by atoms with Crippen molar-refractivity contribution in [3.63, 3.8) is 0 Å². The second-order valence-corrected chi connectivity index (χ2v) is 8.34. The molecule has 0 unspecified atom stereocenters. The summed E-state index contributed by atoms with van der Waals surface area (Å²) in [4.78, 5) is 23.7. The van der Waals surface area contributed by atoms with Crippen molar-refractivity contribution in [1.82, 2.24) is 9.88 Å². The first kappa shape index (κ1) is 20.9. The molecule has 3 aromatic carbocycles. The number of carbonyl (C=O) groups excluding carboxylic acids is 1. The minimum Gasteiger partial charge on any atom is -0.481 e. The first-order chi connectivity index (χ1) is 13.8. The Morgan fingerprint density at radius 1 is 1.21 bits per heavy atom. The molecule has 6 heteroatoms. The first-order valence-corrected chi connectivity index (χ1v) is 9.80. The molecule has 3 N–H and O–H groups in total. The molecule has 0 spiro atoms. The monoisotopic (exact) mass is 396 g/mol. The summed E-state index contributed by atoms with van der Waals surface area (Å²) in [6, 6.07) is 9.98. The van der Waals surface area contributed by atoms with E-state index < -0.39 is 23.3 Å². The van der Waals surface area contributed by atoms with Gasteiger partial charge in [-0.3, -0.25) is 9.59 Å². The molecule has 1 aromatic heterocycles. The van der Waals surface area contributed by atoms with Crippen molar-refractivity contribution in [2.75, 3.05) is 6.61 Å². The number of amides is 1. The van der Waals surface area contributed by atoms with Crippen LogP contribution in [0, 0.1) is 11.3 Å². The number of fused-ring (bicyclic) bond motifs is 2. The maximum Gasteiger partial charge on any atom is 0.307 e. The number of carboxylic acids is 1. The average Bonchev–Trinajstić information content (AvgIpc) is 3.12. The molecule has 1 heterocycles. The van der Waals surface area contributed by atoms with E-state index in [9.17, 15) is 19.8 Å². The third-order valence-electron chi connectivity index (χ3n) is 5.70. The zero-order chi connectivity index (χ0) is 21.2. The molecule has 2 bridgehead atoms. The SMILES string of the molecule is C=CC[C@@H](CC(=O)N[C@H](CO)C(C)(C)Cn1ccc2c3ccc(cc3)c21)C(=O)O. The Bertz CT molecular complexity index is 1000. The highest BCUT2D eigenvalue weighted by molar-refractivity contribution is 6.08. The van der Waals surface area contributed by atoms with Crippen LogP contribution in [0.5, 0.6) is 0 Å². The molecular weight excluding hydrogens is 368 g/mol.